The van der Waals surface area contributed by atoms with Gasteiger partial charge >= 0.3 is 0 Å². The summed E-state index contributed by atoms with van der Waals surface area (Å²) in [5.41, 5.74) is 8.14. The van der Waals surface area contributed by atoms with Gasteiger partial charge in [0.2, 0.25) is 5.91 Å². The summed E-state index contributed by atoms with van der Waals surface area (Å²) in [6.45, 7) is 2.51. The van der Waals surface area contributed by atoms with E-state index < -0.39 is 0 Å². The fraction of sp³-hybridized carbons (Fsp3) is 0.364. The number of fused-ring (bicyclic) bond motifs is 1. The van der Waals surface area contributed by atoms with Crippen molar-refractivity contribution >= 4 is 28.9 Å². The summed E-state index contributed by atoms with van der Waals surface area (Å²) in [7, 11) is 0. The van der Waals surface area contributed by atoms with Gasteiger partial charge in [-0.2, -0.15) is 0 Å². The average molecular weight is 240 g/mol. The van der Waals surface area contributed by atoms with Crippen molar-refractivity contribution in [3.8, 4) is 0 Å². The topological polar surface area (TPSA) is 67.2 Å². The Labute approximate surface area is 99.2 Å². The van der Waals surface area contributed by atoms with Crippen molar-refractivity contribution in [2.24, 2.45) is 5.73 Å². The van der Waals surface area contributed by atoms with Crippen LogP contribution >= 0.6 is 11.6 Å². The van der Waals surface area contributed by atoms with Gasteiger partial charge in [-0.05, 0) is 24.6 Å². The lowest BCUT2D eigenvalue weighted by Crippen LogP contribution is -2.25. The summed E-state index contributed by atoms with van der Waals surface area (Å²) in [4.78, 5) is 11.2. The molecule has 1 amide bonds. The van der Waals surface area contributed by atoms with Crippen LogP contribution in [0.3, 0.4) is 0 Å². The number of amides is 1. The standard InChI is InChI=1S/C11H14ClN3O/c1-6(5-13)14-10-2-7-3-11(16)15-9(7)4-8(10)12/h2,4,6,14H,3,5,13H2,1H3,(H,15,16). The number of halogens is 1. The number of nitrogens with two attached hydrogens (primary N) is 1. The summed E-state index contributed by atoms with van der Waals surface area (Å²) < 4.78 is 0. The van der Waals surface area contributed by atoms with Crippen LogP contribution in [0.2, 0.25) is 5.02 Å². The second kappa shape index (κ2) is 4.31. The van der Waals surface area contributed by atoms with Gasteiger partial charge in [0.25, 0.3) is 0 Å². The summed E-state index contributed by atoms with van der Waals surface area (Å²) in [6, 6.07) is 3.83. The first-order chi connectivity index (χ1) is 7.60. The van der Waals surface area contributed by atoms with E-state index in [9.17, 15) is 4.79 Å². The number of carbonyl (C=O) groups excluding carboxylic acids is 1. The van der Waals surface area contributed by atoms with Crippen LogP contribution in [0, 0.1) is 0 Å². The molecular weight excluding hydrogens is 226 g/mol. The lowest BCUT2D eigenvalue weighted by Gasteiger charge is -2.15. The van der Waals surface area contributed by atoms with Crippen molar-refractivity contribution in [2.45, 2.75) is 19.4 Å². The van der Waals surface area contributed by atoms with E-state index in [2.05, 4.69) is 10.6 Å². The molecule has 1 aromatic carbocycles. The maximum Gasteiger partial charge on any atom is 0.228 e. The van der Waals surface area contributed by atoms with Gasteiger partial charge in [0.15, 0.2) is 0 Å². The second-order valence-corrected chi connectivity index (χ2v) is 4.40. The molecule has 0 radical (unpaired) electrons. The van der Waals surface area contributed by atoms with Crippen molar-refractivity contribution in [2.75, 3.05) is 17.2 Å². The van der Waals surface area contributed by atoms with Crippen molar-refractivity contribution in [1.29, 1.82) is 0 Å². The summed E-state index contributed by atoms with van der Waals surface area (Å²) in [6.07, 6.45) is 0.415. The molecule has 0 saturated heterocycles. The Kier molecular flexibility index (Phi) is 3.03. The third-order valence-corrected chi connectivity index (χ3v) is 2.89. The van der Waals surface area contributed by atoms with E-state index >= 15 is 0 Å². The third kappa shape index (κ3) is 2.13. The molecule has 2 rings (SSSR count). The van der Waals surface area contributed by atoms with Gasteiger partial charge in [0, 0.05) is 18.3 Å². The lowest BCUT2D eigenvalue weighted by molar-refractivity contribution is -0.115. The molecule has 1 unspecified atom stereocenters. The van der Waals surface area contributed by atoms with Crippen LogP contribution in [-0.4, -0.2) is 18.5 Å². The number of benzene rings is 1. The van der Waals surface area contributed by atoms with Gasteiger partial charge in [-0.25, -0.2) is 0 Å². The monoisotopic (exact) mass is 239 g/mol. The van der Waals surface area contributed by atoms with Crippen LogP contribution < -0.4 is 16.4 Å². The molecule has 0 aromatic heterocycles. The molecule has 4 nitrogen and oxygen atoms in total. The van der Waals surface area contributed by atoms with E-state index in [0.717, 1.165) is 16.9 Å². The molecule has 1 aliphatic heterocycles. The molecule has 16 heavy (non-hydrogen) atoms. The summed E-state index contributed by atoms with van der Waals surface area (Å²) in [5.74, 6) is 0.00934. The van der Waals surface area contributed by atoms with E-state index in [1.54, 1.807) is 6.07 Å². The zero-order valence-corrected chi connectivity index (χ0v) is 9.77. The molecule has 0 aliphatic carbocycles. The Bertz CT molecular complexity index is 433. The van der Waals surface area contributed by atoms with Crippen LogP contribution in [0.25, 0.3) is 0 Å². The van der Waals surface area contributed by atoms with Gasteiger partial charge < -0.3 is 16.4 Å². The molecular formula is C11H14ClN3O. The first-order valence-corrected chi connectivity index (χ1v) is 5.57. The predicted octanol–water partition coefficient (Wildman–Crippen LogP) is 1.59. The van der Waals surface area contributed by atoms with Crippen molar-refractivity contribution in [3.63, 3.8) is 0 Å². The molecule has 1 aromatic rings. The highest BCUT2D eigenvalue weighted by Crippen LogP contribution is 2.32. The molecule has 1 heterocycles. The average Bonchev–Trinajstić information content (AvgIpc) is 2.58. The molecule has 1 aliphatic rings. The Balaban J connectivity index is 2.28. The lowest BCUT2D eigenvalue weighted by atomic mass is 10.1. The second-order valence-electron chi connectivity index (χ2n) is 4.00. The minimum atomic E-state index is 0.00934. The molecule has 0 saturated carbocycles. The number of anilines is 2. The first kappa shape index (κ1) is 11.2. The van der Waals surface area contributed by atoms with Gasteiger partial charge in [0.1, 0.15) is 0 Å². The summed E-state index contributed by atoms with van der Waals surface area (Å²) >= 11 is 6.10. The maximum absolute atomic E-state index is 11.2. The van der Waals surface area contributed by atoms with E-state index in [1.807, 2.05) is 13.0 Å². The van der Waals surface area contributed by atoms with E-state index in [0.29, 0.717) is 18.0 Å². The minimum Gasteiger partial charge on any atom is -0.380 e. The molecule has 86 valence electrons. The fourth-order valence-corrected chi connectivity index (χ4v) is 1.90. The fourth-order valence-electron chi connectivity index (χ4n) is 1.68. The number of nitrogens with one attached hydrogen (secondary N) is 2. The Morgan fingerprint density at radius 3 is 3.06 bits per heavy atom. The van der Waals surface area contributed by atoms with E-state index in [4.69, 9.17) is 17.3 Å². The molecule has 4 N–H and O–H groups in total. The van der Waals surface area contributed by atoms with Crippen LogP contribution in [0.1, 0.15) is 12.5 Å². The SMILES string of the molecule is CC(CN)Nc1cc2c(cc1Cl)NC(=O)C2. The van der Waals surface area contributed by atoms with E-state index in [-0.39, 0.29) is 11.9 Å². The zero-order valence-electron chi connectivity index (χ0n) is 9.01. The smallest absolute Gasteiger partial charge is 0.228 e. The van der Waals surface area contributed by atoms with Crippen LogP contribution in [-0.2, 0) is 11.2 Å². The largest absolute Gasteiger partial charge is 0.380 e. The Morgan fingerprint density at radius 1 is 1.62 bits per heavy atom. The normalized spacial score (nSPS) is 15.6. The minimum absolute atomic E-state index is 0.00934. The van der Waals surface area contributed by atoms with Crippen LogP contribution in [0.5, 0.6) is 0 Å². The highest BCUT2D eigenvalue weighted by Gasteiger charge is 2.19. The number of hydrogen-bond donors (Lipinski definition) is 3. The van der Waals surface area contributed by atoms with Crippen molar-refractivity contribution in [1.82, 2.24) is 0 Å². The zero-order chi connectivity index (χ0) is 11.7. The molecule has 0 spiro atoms. The third-order valence-electron chi connectivity index (χ3n) is 2.57. The maximum atomic E-state index is 11.2. The Morgan fingerprint density at radius 2 is 2.38 bits per heavy atom. The predicted molar refractivity (Wildman–Crippen MR) is 65.9 cm³/mol. The molecule has 1 atom stereocenters. The highest BCUT2D eigenvalue weighted by molar-refractivity contribution is 6.33. The molecule has 0 bridgehead atoms. The van der Waals surface area contributed by atoms with E-state index in [1.165, 1.54) is 0 Å². The van der Waals surface area contributed by atoms with Crippen LogP contribution in [0.4, 0.5) is 11.4 Å². The Hall–Kier alpha value is -1.26. The van der Waals surface area contributed by atoms with Gasteiger partial charge in [0.05, 0.1) is 17.1 Å². The number of rotatable bonds is 3. The van der Waals surface area contributed by atoms with Gasteiger partial charge in [-0.15, -0.1) is 0 Å². The van der Waals surface area contributed by atoms with Gasteiger partial charge in [-0.1, -0.05) is 11.6 Å². The quantitative estimate of drug-likeness (QED) is 0.751. The molecule has 5 heteroatoms. The van der Waals surface area contributed by atoms with Crippen molar-refractivity contribution < 1.29 is 4.79 Å². The number of hydrogen-bond acceptors (Lipinski definition) is 3. The van der Waals surface area contributed by atoms with Gasteiger partial charge in [-0.3, -0.25) is 4.79 Å². The molecule has 0 fully saturated rings. The van der Waals surface area contributed by atoms with Crippen molar-refractivity contribution in [3.05, 3.63) is 22.7 Å². The number of carbonyl (C=O) groups is 1. The van der Waals surface area contributed by atoms with Crippen LogP contribution in [0.15, 0.2) is 12.1 Å². The summed E-state index contributed by atoms with van der Waals surface area (Å²) in [5, 5.41) is 6.56. The first-order valence-electron chi connectivity index (χ1n) is 5.19. The highest BCUT2D eigenvalue weighted by atomic mass is 35.5.